The molecule has 1 N–H and O–H groups in total. The minimum absolute atomic E-state index is 0.345. The summed E-state index contributed by atoms with van der Waals surface area (Å²) in [5.41, 5.74) is 2.38. The topological polar surface area (TPSA) is 61.5 Å². The number of ether oxygens (including phenoxy) is 1. The lowest BCUT2D eigenvalue weighted by molar-refractivity contribution is 0.0603. The molecule has 1 aromatic carbocycles. The van der Waals surface area contributed by atoms with Crippen LogP contribution in [0, 0.1) is 0 Å². The van der Waals surface area contributed by atoms with Gasteiger partial charge in [0.1, 0.15) is 0 Å². The van der Waals surface area contributed by atoms with Crippen LogP contribution in [0.15, 0.2) is 18.3 Å². The summed E-state index contributed by atoms with van der Waals surface area (Å²) in [6.45, 7) is 5.24. The normalized spacial score (nSPS) is 20.0. The van der Waals surface area contributed by atoms with Gasteiger partial charge in [0, 0.05) is 36.7 Å². The van der Waals surface area contributed by atoms with Gasteiger partial charge in [-0.2, -0.15) is 5.10 Å². The van der Waals surface area contributed by atoms with Gasteiger partial charge < -0.3 is 14.5 Å². The maximum absolute atomic E-state index is 11.8. The first-order valence-electron chi connectivity index (χ1n) is 7.11. The average molecular weight is 288 g/mol. The zero-order valence-electron chi connectivity index (χ0n) is 12.6. The third-order valence-corrected chi connectivity index (χ3v) is 4.14. The van der Waals surface area contributed by atoms with Crippen molar-refractivity contribution in [3.05, 3.63) is 23.9 Å². The zero-order chi connectivity index (χ0) is 15.0. The van der Waals surface area contributed by atoms with Crippen molar-refractivity contribution in [3.8, 4) is 0 Å². The van der Waals surface area contributed by atoms with Crippen LogP contribution in [0.25, 0.3) is 10.9 Å². The van der Waals surface area contributed by atoms with Crippen molar-refractivity contribution >= 4 is 22.6 Å². The maximum atomic E-state index is 11.8. The Balaban J connectivity index is 2.05. The number of aromatic amines is 1. The van der Waals surface area contributed by atoms with Crippen LogP contribution >= 0.6 is 0 Å². The predicted molar refractivity (Wildman–Crippen MR) is 81.7 cm³/mol. The molecule has 0 amide bonds. The lowest BCUT2D eigenvalue weighted by Gasteiger charge is -2.40. The van der Waals surface area contributed by atoms with E-state index in [2.05, 4.69) is 34.0 Å². The molecule has 6 heteroatoms. The standard InChI is InChI=1S/C15H20N4O2/c1-10-9-18(2)6-7-19(10)13-5-4-11(15(20)21-3)14-12(13)8-16-17-14/h4-5,8,10H,6-7,9H2,1-3H3,(H,16,17). The lowest BCUT2D eigenvalue weighted by atomic mass is 10.1. The third kappa shape index (κ3) is 2.35. The molecule has 112 valence electrons. The molecule has 1 unspecified atom stereocenters. The number of anilines is 1. The number of rotatable bonds is 2. The van der Waals surface area contributed by atoms with Crippen molar-refractivity contribution in [2.75, 3.05) is 38.7 Å². The number of H-pyrrole nitrogens is 1. The molecule has 0 bridgehead atoms. The van der Waals surface area contributed by atoms with Crippen LogP contribution in [0.1, 0.15) is 17.3 Å². The van der Waals surface area contributed by atoms with Crippen LogP contribution in [-0.4, -0.2) is 60.9 Å². The van der Waals surface area contributed by atoms with Gasteiger partial charge in [-0.05, 0) is 26.1 Å². The second kappa shape index (κ2) is 5.37. The van der Waals surface area contributed by atoms with E-state index in [1.807, 2.05) is 12.1 Å². The summed E-state index contributed by atoms with van der Waals surface area (Å²) in [4.78, 5) is 16.5. The monoisotopic (exact) mass is 288 g/mol. The second-order valence-corrected chi connectivity index (χ2v) is 5.59. The first-order chi connectivity index (χ1) is 10.1. The molecule has 0 aliphatic carbocycles. The molecule has 2 heterocycles. The van der Waals surface area contributed by atoms with E-state index in [1.165, 1.54) is 7.11 Å². The Labute approximate surface area is 123 Å². The van der Waals surface area contributed by atoms with Gasteiger partial charge in [0.2, 0.25) is 0 Å². The predicted octanol–water partition coefficient (Wildman–Crippen LogP) is 1.49. The highest BCUT2D eigenvalue weighted by atomic mass is 16.5. The lowest BCUT2D eigenvalue weighted by Crippen LogP contribution is -2.50. The number of carbonyl (C=O) groups excluding carboxylic acids is 1. The highest BCUT2D eigenvalue weighted by molar-refractivity contribution is 6.06. The maximum Gasteiger partial charge on any atom is 0.340 e. The largest absolute Gasteiger partial charge is 0.465 e. The summed E-state index contributed by atoms with van der Waals surface area (Å²) in [5, 5.41) is 7.99. The van der Waals surface area contributed by atoms with Crippen molar-refractivity contribution in [1.29, 1.82) is 0 Å². The van der Waals surface area contributed by atoms with Gasteiger partial charge in [-0.1, -0.05) is 0 Å². The van der Waals surface area contributed by atoms with Crippen LogP contribution < -0.4 is 4.90 Å². The van der Waals surface area contributed by atoms with Crippen molar-refractivity contribution in [2.45, 2.75) is 13.0 Å². The Morgan fingerprint density at radius 3 is 2.95 bits per heavy atom. The van der Waals surface area contributed by atoms with Crippen molar-refractivity contribution in [1.82, 2.24) is 15.1 Å². The molecule has 21 heavy (non-hydrogen) atoms. The number of benzene rings is 1. The van der Waals surface area contributed by atoms with Gasteiger partial charge in [-0.25, -0.2) is 4.79 Å². The van der Waals surface area contributed by atoms with Crippen LogP contribution in [0.2, 0.25) is 0 Å². The summed E-state index contributed by atoms with van der Waals surface area (Å²) in [6.07, 6.45) is 1.78. The van der Waals surface area contributed by atoms with Crippen molar-refractivity contribution in [3.63, 3.8) is 0 Å². The Kier molecular flexibility index (Phi) is 3.55. The van der Waals surface area contributed by atoms with E-state index in [0.29, 0.717) is 11.6 Å². The first kappa shape index (κ1) is 13.9. The summed E-state index contributed by atoms with van der Waals surface area (Å²) in [7, 11) is 3.53. The van der Waals surface area contributed by atoms with Crippen LogP contribution in [0.5, 0.6) is 0 Å². The van der Waals surface area contributed by atoms with Gasteiger partial charge in [0.25, 0.3) is 0 Å². The number of carbonyl (C=O) groups is 1. The third-order valence-electron chi connectivity index (χ3n) is 4.14. The van der Waals surface area contributed by atoms with Crippen molar-refractivity contribution < 1.29 is 9.53 Å². The molecule has 1 saturated heterocycles. The Morgan fingerprint density at radius 1 is 1.43 bits per heavy atom. The van der Waals surface area contributed by atoms with Gasteiger partial charge in [0.05, 0.1) is 24.4 Å². The fraction of sp³-hybridized carbons (Fsp3) is 0.467. The molecule has 1 aromatic heterocycles. The number of nitrogens with zero attached hydrogens (tertiary/aromatic N) is 3. The van der Waals surface area contributed by atoms with E-state index in [9.17, 15) is 4.79 Å². The summed E-state index contributed by atoms with van der Waals surface area (Å²) in [5.74, 6) is -0.345. The van der Waals surface area contributed by atoms with E-state index in [-0.39, 0.29) is 5.97 Å². The number of hydrogen-bond acceptors (Lipinski definition) is 5. The van der Waals surface area contributed by atoms with E-state index < -0.39 is 0 Å². The zero-order valence-corrected chi connectivity index (χ0v) is 12.6. The molecule has 0 spiro atoms. The Morgan fingerprint density at radius 2 is 2.24 bits per heavy atom. The van der Waals surface area contributed by atoms with Gasteiger partial charge >= 0.3 is 5.97 Å². The number of aromatic nitrogens is 2. The van der Waals surface area contributed by atoms with E-state index in [1.54, 1.807) is 6.20 Å². The molecule has 3 rings (SSSR count). The SMILES string of the molecule is COC(=O)c1ccc(N2CCN(C)CC2C)c2cn[nH]c12. The minimum Gasteiger partial charge on any atom is -0.465 e. The highest BCUT2D eigenvalue weighted by Gasteiger charge is 2.24. The van der Waals surface area contributed by atoms with E-state index >= 15 is 0 Å². The fourth-order valence-electron chi connectivity index (χ4n) is 3.05. The smallest absolute Gasteiger partial charge is 0.340 e. The molecule has 2 aromatic rings. The Bertz CT molecular complexity index is 667. The first-order valence-corrected chi connectivity index (χ1v) is 7.11. The second-order valence-electron chi connectivity index (χ2n) is 5.59. The summed E-state index contributed by atoms with van der Waals surface area (Å²) < 4.78 is 4.83. The number of piperazine rings is 1. The number of nitrogens with one attached hydrogen (secondary N) is 1. The van der Waals surface area contributed by atoms with Crippen LogP contribution in [0.3, 0.4) is 0 Å². The minimum atomic E-state index is -0.345. The molecule has 1 atom stereocenters. The number of fused-ring (bicyclic) bond motifs is 1. The number of esters is 1. The summed E-state index contributed by atoms with van der Waals surface area (Å²) in [6, 6.07) is 4.23. The van der Waals surface area contributed by atoms with E-state index in [4.69, 9.17) is 4.74 Å². The molecule has 1 aliphatic rings. The highest BCUT2D eigenvalue weighted by Crippen LogP contribution is 2.30. The summed E-state index contributed by atoms with van der Waals surface area (Å²) >= 11 is 0. The number of likely N-dealkylation sites (N-methyl/N-ethyl adjacent to an activating group) is 1. The molecular formula is C15H20N4O2. The van der Waals surface area contributed by atoms with Gasteiger partial charge in [-0.15, -0.1) is 0 Å². The fourth-order valence-corrected chi connectivity index (χ4v) is 3.05. The molecular weight excluding hydrogens is 268 g/mol. The number of methoxy groups -OCH3 is 1. The van der Waals surface area contributed by atoms with Crippen LogP contribution in [-0.2, 0) is 4.74 Å². The Hall–Kier alpha value is -2.08. The van der Waals surface area contributed by atoms with Crippen molar-refractivity contribution in [2.24, 2.45) is 0 Å². The average Bonchev–Trinajstić information content (AvgIpc) is 2.95. The molecule has 6 nitrogen and oxygen atoms in total. The van der Waals surface area contributed by atoms with Crippen LogP contribution in [0.4, 0.5) is 5.69 Å². The van der Waals surface area contributed by atoms with E-state index in [0.717, 1.165) is 36.2 Å². The molecule has 1 fully saturated rings. The number of hydrogen-bond donors (Lipinski definition) is 1. The van der Waals surface area contributed by atoms with Gasteiger partial charge in [0.15, 0.2) is 0 Å². The molecule has 0 saturated carbocycles. The molecule has 0 radical (unpaired) electrons. The quantitative estimate of drug-likeness (QED) is 0.848. The molecule has 1 aliphatic heterocycles. The van der Waals surface area contributed by atoms with Gasteiger partial charge in [-0.3, -0.25) is 5.10 Å².